The second kappa shape index (κ2) is 21.2. The zero-order chi connectivity index (χ0) is 46.1. The molecule has 0 saturated heterocycles. The molecule has 14 heteroatoms. The van der Waals surface area contributed by atoms with Gasteiger partial charge in [-0.15, -0.1) is 0 Å². The molecule has 10 aromatic rings. The molecule has 0 saturated carbocycles. The number of hydrogen-bond acceptors (Lipinski definition) is 11. The van der Waals surface area contributed by atoms with Crippen LogP contribution in [-0.4, -0.2) is 56.9 Å². The Bertz CT molecular complexity index is 3020. The van der Waals surface area contributed by atoms with Crippen LogP contribution in [0.15, 0.2) is 104 Å². The monoisotopic (exact) mass is 908 g/mol. The second-order valence-corrected chi connectivity index (χ2v) is 16.4. The van der Waals surface area contributed by atoms with E-state index in [0.29, 0.717) is 15.1 Å². The van der Waals surface area contributed by atoms with Gasteiger partial charge in [0.15, 0.2) is 0 Å². The van der Waals surface area contributed by atoms with Crippen molar-refractivity contribution < 1.29 is 4.74 Å². The summed E-state index contributed by atoms with van der Waals surface area (Å²) in [5, 5.41) is 1.71. The summed E-state index contributed by atoms with van der Waals surface area (Å²) in [5.41, 5.74) is 18.5. The molecule has 0 radical (unpaired) electrons. The number of benzene rings is 5. The highest BCUT2D eigenvalue weighted by Gasteiger charge is 2.05. The van der Waals surface area contributed by atoms with Crippen LogP contribution in [0.2, 0.25) is 15.1 Å². The predicted molar refractivity (Wildman–Crippen MR) is 262 cm³/mol. The first kappa shape index (κ1) is 47.0. The van der Waals surface area contributed by atoms with Crippen LogP contribution in [0.25, 0.3) is 55.2 Å². The van der Waals surface area contributed by atoms with Crippen molar-refractivity contribution in [2.24, 2.45) is 0 Å². The molecule has 0 aliphatic rings. The SMILES string of the molecule is COc1cc2nc(C)cnc2cc1C.Cc1ccc2nc(C)cnc2c1.Cc1cnc2cc(C)c(C)cc2n1.Cc1cnc2cc(Cl)c(Cl)cc2n1.Cc1cnc2cc(Cl)ccc2n1. The molecule has 64 heavy (non-hydrogen) atoms. The van der Waals surface area contributed by atoms with Gasteiger partial charge >= 0.3 is 0 Å². The fourth-order valence-electron chi connectivity index (χ4n) is 6.21. The van der Waals surface area contributed by atoms with E-state index in [9.17, 15) is 0 Å². The minimum absolute atomic E-state index is 0.507. The number of halogens is 3. The number of ether oxygens (including phenoxy) is 1. The van der Waals surface area contributed by atoms with E-state index in [-0.39, 0.29) is 0 Å². The fraction of sp³-hybridized carbons (Fsp3) is 0.200. The van der Waals surface area contributed by atoms with Crippen molar-refractivity contribution in [2.75, 3.05) is 7.11 Å². The van der Waals surface area contributed by atoms with Crippen LogP contribution in [0.1, 0.15) is 50.7 Å². The highest BCUT2D eigenvalue weighted by Crippen LogP contribution is 2.26. The Labute approximate surface area is 387 Å². The first-order valence-corrected chi connectivity index (χ1v) is 21.3. The van der Waals surface area contributed by atoms with Crippen LogP contribution in [0, 0.1) is 62.3 Å². The summed E-state index contributed by atoms with van der Waals surface area (Å²) < 4.78 is 5.23. The Kier molecular flexibility index (Phi) is 15.6. The zero-order valence-corrected chi connectivity index (χ0v) is 39.6. The van der Waals surface area contributed by atoms with Gasteiger partial charge in [-0.25, -0.2) is 24.9 Å². The van der Waals surface area contributed by atoms with Gasteiger partial charge in [-0.05, 0) is 145 Å². The van der Waals surface area contributed by atoms with E-state index in [2.05, 4.69) is 88.8 Å². The number of aryl methyl sites for hydroxylation is 9. The predicted octanol–water partition coefficient (Wildman–Crippen LogP) is 12.9. The Hall–Kier alpha value is -6.53. The molecule has 0 aliphatic heterocycles. The van der Waals surface area contributed by atoms with Crippen LogP contribution in [-0.2, 0) is 0 Å². The molecule has 0 bridgehead atoms. The minimum Gasteiger partial charge on any atom is -0.496 e. The molecule has 0 unspecified atom stereocenters. The highest BCUT2D eigenvalue weighted by atomic mass is 35.5. The Morgan fingerprint density at radius 1 is 0.344 bits per heavy atom. The summed E-state index contributed by atoms with van der Waals surface area (Å²) in [4.78, 5) is 43.0. The molecule has 324 valence electrons. The Morgan fingerprint density at radius 2 is 0.688 bits per heavy atom. The van der Waals surface area contributed by atoms with Crippen LogP contribution in [0.3, 0.4) is 0 Å². The average Bonchev–Trinajstić information content (AvgIpc) is 3.26. The van der Waals surface area contributed by atoms with Crippen LogP contribution < -0.4 is 4.74 Å². The maximum absolute atomic E-state index is 5.84. The lowest BCUT2D eigenvalue weighted by molar-refractivity contribution is 0.412. The van der Waals surface area contributed by atoms with Gasteiger partial charge < -0.3 is 4.74 Å². The van der Waals surface area contributed by atoms with Crippen molar-refractivity contribution in [3.05, 3.63) is 170 Å². The fourth-order valence-corrected chi connectivity index (χ4v) is 6.69. The van der Waals surface area contributed by atoms with E-state index in [0.717, 1.165) is 94.9 Å². The van der Waals surface area contributed by atoms with Gasteiger partial charge in [0.05, 0.1) is 101 Å². The third-order valence-electron chi connectivity index (χ3n) is 9.61. The summed E-state index contributed by atoms with van der Waals surface area (Å²) in [6, 6.07) is 23.1. The van der Waals surface area contributed by atoms with E-state index < -0.39 is 0 Å². The molecule has 0 amide bonds. The zero-order valence-electron chi connectivity index (χ0n) is 37.3. The lowest BCUT2D eigenvalue weighted by Crippen LogP contribution is -1.91. The molecule has 5 aromatic carbocycles. The van der Waals surface area contributed by atoms with Crippen LogP contribution >= 0.6 is 34.8 Å². The quantitative estimate of drug-likeness (QED) is 0.155. The molecule has 11 nitrogen and oxygen atoms in total. The lowest BCUT2D eigenvalue weighted by Gasteiger charge is -2.05. The number of aromatic nitrogens is 10. The molecule has 0 N–H and O–H groups in total. The molecular weight excluding hydrogens is 863 g/mol. The number of hydrogen-bond donors (Lipinski definition) is 0. The lowest BCUT2D eigenvalue weighted by atomic mass is 10.1. The maximum atomic E-state index is 5.84. The number of nitrogens with zero attached hydrogens (tertiary/aromatic N) is 10. The first-order chi connectivity index (χ1) is 30.5. The Balaban J connectivity index is 0.000000133. The molecule has 0 spiro atoms. The van der Waals surface area contributed by atoms with E-state index in [1.54, 1.807) is 50.2 Å². The average molecular weight is 910 g/mol. The van der Waals surface area contributed by atoms with Crippen molar-refractivity contribution in [2.45, 2.75) is 62.3 Å². The number of methoxy groups -OCH3 is 1. The van der Waals surface area contributed by atoms with Gasteiger partial charge in [0, 0.05) is 42.1 Å². The number of fused-ring (bicyclic) bond motifs is 5. The molecule has 5 heterocycles. The van der Waals surface area contributed by atoms with Gasteiger partial charge in [0.25, 0.3) is 0 Å². The molecule has 5 aromatic heterocycles. The highest BCUT2D eigenvalue weighted by molar-refractivity contribution is 6.42. The van der Waals surface area contributed by atoms with Gasteiger partial charge in [-0.1, -0.05) is 40.9 Å². The summed E-state index contributed by atoms with van der Waals surface area (Å²) in [7, 11) is 1.66. The van der Waals surface area contributed by atoms with Gasteiger partial charge in [-0.2, -0.15) is 0 Å². The third-order valence-corrected chi connectivity index (χ3v) is 10.6. The van der Waals surface area contributed by atoms with E-state index in [1.165, 1.54) is 16.7 Å². The van der Waals surface area contributed by atoms with Crippen molar-refractivity contribution in [3.63, 3.8) is 0 Å². The largest absolute Gasteiger partial charge is 0.496 e. The van der Waals surface area contributed by atoms with Gasteiger partial charge in [-0.3, -0.25) is 24.9 Å². The van der Waals surface area contributed by atoms with Crippen LogP contribution in [0.4, 0.5) is 0 Å². The van der Waals surface area contributed by atoms with E-state index >= 15 is 0 Å². The summed E-state index contributed by atoms with van der Waals surface area (Å²) in [6.45, 7) is 17.9. The van der Waals surface area contributed by atoms with Crippen molar-refractivity contribution in [1.29, 1.82) is 0 Å². The van der Waals surface area contributed by atoms with Crippen molar-refractivity contribution in [1.82, 2.24) is 49.8 Å². The molecule has 0 aliphatic carbocycles. The smallest absolute Gasteiger partial charge is 0.124 e. The third kappa shape index (κ3) is 12.6. The van der Waals surface area contributed by atoms with Gasteiger partial charge in [0.2, 0.25) is 0 Å². The van der Waals surface area contributed by atoms with Crippen molar-refractivity contribution in [3.8, 4) is 5.75 Å². The number of rotatable bonds is 1. The molecular formula is C50H47Cl3N10O. The normalized spacial score (nSPS) is 10.6. The second-order valence-electron chi connectivity index (χ2n) is 15.2. The first-order valence-electron chi connectivity index (χ1n) is 20.2. The Morgan fingerprint density at radius 3 is 1.17 bits per heavy atom. The van der Waals surface area contributed by atoms with E-state index in [4.69, 9.17) is 39.5 Å². The minimum atomic E-state index is 0.507. The van der Waals surface area contributed by atoms with Crippen molar-refractivity contribution >= 4 is 90.0 Å². The van der Waals surface area contributed by atoms with Crippen LogP contribution in [0.5, 0.6) is 5.75 Å². The molecule has 0 fully saturated rings. The summed E-state index contributed by atoms with van der Waals surface area (Å²) in [6.07, 6.45) is 8.80. The summed E-state index contributed by atoms with van der Waals surface area (Å²) >= 11 is 17.5. The maximum Gasteiger partial charge on any atom is 0.124 e. The summed E-state index contributed by atoms with van der Waals surface area (Å²) in [5.74, 6) is 0.859. The standard InChI is InChI=1S/C11H12N2O.C11H12N2.C10H10N2.C9H6Cl2N2.C9H7ClN2/c1-7-4-9-10(5-11(7)14-3)13-8(2)6-12-9;1-7-4-10-11(5-8(7)2)13-9(3)6-12-10;1-7-3-4-9-10(5-7)11-6-8(2)12-9;1-5-4-12-8-2-6(10)7(11)3-9(8)13-5;1-6-5-11-9-4-7(10)2-3-8(9)12-6/h4-6H,1-3H3;4-6H,1-3H3;3-6H,1-2H3;2-4H,1H3;2-5H,1H3. The molecule has 10 rings (SSSR count). The molecule has 0 atom stereocenters. The van der Waals surface area contributed by atoms with Gasteiger partial charge in [0.1, 0.15) is 5.75 Å². The van der Waals surface area contributed by atoms with E-state index in [1.807, 2.05) is 84.0 Å². The topological polar surface area (TPSA) is 138 Å².